The quantitative estimate of drug-likeness (QED) is 0.348. The first-order chi connectivity index (χ1) is 14.3. The van der Waals surface area contributed by atoms with Crippen LogP contribution in [0.5, 0.6) is 0 Å². The number of ketones is 1. The molecule has 2 aromatic rings. The van der Waals surface area contributed by atoms with Crippen LogP contribution in [0.1, 0.15) is 39.0 Å². The minimum absolute atomic E-state index is 0.228. The summed E-state index contributed by atoms with van der Waals surface area (Å²) in [7, 11) is -2.09. The molecule has 1 nitrogen and oxygen atoms in total. The first-order valence-corrected chi connectivity index (χ1v) is 13.2. The molecule has 0 spiro atoms. The molecule has 2 aromatic carbocycles. The maximum Gasteiger partial charge on any atom is 0.182 e. The maximum atomic E-state index is 12.9. The molecule has 1 aliphatic carbocycles. The summed E-state index contributed by atoms with van der Waals surface area (Å²) in [5, 5.41) is 4.29. The molecule has 1 atom stereocenters. The van der Waals surface area contributed by atoms with Crippen LogP contribution in [-0.4, -0.2) is 13.9 Å². The van der Waals surface area contributed by atoms with Crippen molar-refractivity contribution >= 4 is 24.2 Å². The van der Waals surface area contributed by atoms with E-state index in [9.17, 15) is 4.79 Å². The van der Waals surface area contributed by atoms with Crippen LogP contribution in [0, 0.1) is 5.92 Å². The predicted octanol–water partition coefficient (Wildman–Crippen LogP) is 5.38. The highest BCUT2D eigenvalue weighted by Crippen LogP contribution is 2.46. The van der Waals surface area contributed by atoms with Gasteiger partial charge in [0.2, 0.25) is 0 Å². The molecule has 1 unspecified atom stereocenters. The standard InChI is InChI=1S/C27H30OSi/c1-2-3-4-5-6-13-18-24-25-19-20-29(27(25)21-26(24)28,22-14-9-7-10-15-22)23-16-11-8-12-17-23/h6-18,21,25H,2-5,19-20H2,1H3/b13-6+,24-18-. The van der Waals surface area contributed by atoms with E-state index in [0.717, 1.165) is 18.4 Å². The van der Waals surface area contributed by atoms with Gasteiger partial charge in [0.15, 0.2) is 5.78 Å². The average molecular weight is 399 g/mol. The number of hydrogen-bond acceptors (Lipinski definition) is 1. The Labute approximate surface area is 175 Å². The second-order valence-electron chi connectivity index (χ2n) is 8.24. The fraction of sp³-hybridized carbons (Fsp3) is 0.296. The van der Waals surface area contributed by atoms with E-state index in [4.69, 9.17) is 0 Å². The van der Waals surface area contributed by atoms with E-state index in [1.165, 1.54) is 40.9 Å². The number of allylic oxidation sites excluding steroid dienone is 6. The number of carbonyl (C=O) groups excluding carboxylic acids is 1. The van der Waals surface area contributed by atoms with Crippen LogP contribution in [0.4, 0.5) is 0 Å². The highest BCUT2D eigenvalue weighted by Gasteiger charge is 2.52. The molecule has 1 fully saturated rings. The summed E-state index contributed by atoms with van der Waals surface area (Å²) in [5.74, 6) is 0.529. The summed E-state index contributed by atoms with van der Waals surface area (Å²) in [6, 6.07) is 23.1. The Kier molecular flexibility index (Phi) is 6.10. The van der Waals surface area contributed by atoms with Gasteiger partial charge >= 0.3 is 0 Å². The lowest BCUT2D eigenvalue weighted by atomic mass is 9.99. The lowest BCUT2D eigenvalue weighted by Gasteiger charge is -2.30. The van der Waals surface area contributed by atoms with Crippen molar-refractivity contribution in [2.75, 3.05) is 0 Å². The second-order valence-corrected chi connectivity index (χ2v) is 12.3. The van der Waals surface area contributed by atoms with E-state index >= 15 is 0 Å². The number of carbonyl (C=O) groups is 1. The number of benzene rings is 2. The van der Waals surface area contributed by atoms with Crippen molar-refractivity contribution in [1.82, 2.24) is 0 Å². The van der Waals surface area contributed by atoms with Crippen LogP contribution in [-0.2, 0) is 4.79 Å². The van der Waals surface area contributed by atoms with Crippen LogP contribution < -0.4 is 10.4 Å². The number of fused-ring (bicyclic) bond motifs is 1. The molecule has 29 heavy (non-hydrogen) atoms. The van der Waals surface area contributed by atoms with Crippen LogP contribution >= 0.6 is 0 Å². The fourth-order valence-electron chi connectivity index (χ4n) is 5.11. The largest absolute Gasteiger partial charge is 0.290 e. The third-order valence-corrected chi connectivity index (χ3v) is 11.7. The van der Waals surface area contributed by atoms with Gasteiger partial charge in [0.05, 0.1) is 0 Å². The zero-order valence-corrected chi connectivity index (χ0v) is 18.3. The summed E-state index contributed by atoms with van der Waals surface area (Å²) < 4.78 is 0. The minimum Gasteiger partial charge on any atom is -0.290 e. The molecule has 1 aliphatic heterocycles. The monoisotopic (exact) mass is 398 g/mol. The van der Waals surface area contributed by atoms with Crippen molar-refractivity contribution in [3.05, 3.63) is 95.7 Å². The van der Waals surface area contributed by atoms with Gasteiger partial charge in [-0.3, -0.25) is 4.79 Å². The van der Waals surface area contributed by atoms with Crippen molar-refractivity contribution in [3.63, 3.8) is 0 Å². The Morgan fingerprint density at radius 2 is 1.62 bits per heavy atom. The molecule has 0 N–H and O–H groups in total. The first-order valence-electron chi connectivity index (χ1n) is 11.0. The number of hydrogen-bond donors (Lipinski definition) is 0. The molecule has 148 valence electrons. The molecule has 0 amide bonds. The van der Waals surface area contributed by atoms with E-state index < -0.39 is 8.07 Å². The van der Waals surface area contributed by atoms with Crippen LogP contribution in [0.3, 0.4) is 0 Å². The van der Waals surface area contributed by atoms with Gasteiger partial charge in [-0.2, -0.15) is 0 Å². The van der Waals surface area contributed by atoms with Gasteiger partial charge in [0.25, 0.3) is 0 Å². The molecule has 0 radical (unpaired) electrons. The van der Waals surface area contributed by atoms with Crippen molar-refractivity contribution < 1.29 is 4.79 Å². The average Bonchev–Trinajstić information content (AvgIpc) is 3.29. The van der Waals surface area contributed by atoms with Gasteiger partial charge in [-0.15, -0.1) is 0 Å². The fourth-order valence-corrected chi connectivity index (χ4v) is 10.5. The minimum atomic E-state index is -2.09. The van der Waals surface area contributed by atoms with Crippen molar-refractivity contribution in [3.8, 4) is 0 Å². The Morgan fingerprint density at radius 1 is 0.966 bits per heavy atom. The van der Waals surface area contributed by atoms with Crippen LogP contribution in [0.25, 0.3) is 0 Å². The van der Waals surface area contributed by atoms with E-state index in [1.54, 1.807) is 0 Å². The van der Waals surface area contributed by atoms with Crippen LogP contribution in [0.2, 0.25) is 6.04 Å². The van der Waals surface area contributed by atoms with Gasteiger partial charge in [-0.25, -0.2) is 0 Å². The lowest BCUT2D eigenvalue weighted by molar-refractivity contribution is -0.111. The van der Waals surface area contributed by atoms with Gasteiger partial charge in [-0.05, 0) is 41.8 Å². The molecular weight excluding hydrogens is 368 g/mol. The van der Waals surface area contributed by atoms with E-state index in [0.29, 0.717) is 5.92 Å². The second kappa shape index (κ2) is 8.92. The zero-order valence-electron chi connectivity index (χ0n) is 17.3. The summed E-state index contributed by atoms with van der Waals surface area (Å²) >= 11 is 0. The summed E-state index contributed by atoms with van der Waals surface area (Å²) in [4.78, 5) is 12.9. The molecule has 4 rings (SSSR count). The van der Waals surface area contributed by atoms with Gasteiger partial charge in [0, 0.05) is 11.5 Å². The smallest absolute Gasteiger partial charge is 0.182 e. The van der Waals surface area contributed by atoms with Crippen molar-refractivity contribution in [2.45, 2.75) is 45.1 Å². The predicted molar refractivity (Wildman–Crippen MR) is 125 cm³/mol. The maximum absolute atomic E-state index is 12.9. The molecule has 0 saturated carbocycles. The Bertz CT molecular complexity index is 898. The first kappa shape index (κ1) is 19.8. The molecule has 1 heterocycles. The zero-order chi connectivity index (χ0) is 20.1. The van der Waals surface area contributed by atoms with E-state index in [-0.39, 0.29) is 5.78 Å². The molecule has 1 saturated heterocycles. The third kappa shape index (κ3) is 3.74. The topological polar surface area (TPSA) is 17.1 Å². The highest BCUT2D eigenvalue weighted by molar-refractivity contribution is 7.08. The van der Waals surface area contributed by atoms with Crippen LogP contribution in [0.15, 0.2) is 95.7 Å². The van der Waals surface area contributed by atoms with E-state index in [1.807, 2.05) is 6.08 Å². The number of rotatable bonds is 7. The van der Waals surface area contributed by atoms with Gasteiger partial charge < -0.3 is 0 Å². The molecule has 2 aliphatic rings. The van der Waals surface area contributed by atoms with Crippen molar-refractivity contribution in [2.24, 2.45) is 5.92 Å². The SMILES string of the molecule is CCCCC/C=C/C=C1\C(=O)C=C2C1CC[Si]2(c1ccccc1)c1ccccc1. The normalized spacial score (nSPS) is 21.7. The summed E-state index contributed by atoms with van der Waals surface area (Å²) in [5.41, 5.74) is 1.01. The Morgan fingerprint density at radius 3 is 2.24 bits per heavy atom. The molecular formula is C27H30OSi. The van der Waals surface area contributed by atoms with Crippen molar-refractivity contribution in [1.29, 1.82) is 0 Å². The molecule has 2 heteroatoms. The summed E-state index contributed by atoms with van der Waals surface area (Å²) in [6.45, 7) is 2.23. The molecule has 0 aromatic heterocycles. The summed E-state index contributed by atoms with van der Waals surface area (Å²) in [6.07, 6.45) is 14.4. The van der Waals surface area contributed by atoms with Gasteiger partial charge in [0.1, 0.15) is 8.07 Å². The highest BCUT2D eigenvalue weighted by atomic mass is 28.3. The third-order valence-electron chi connectivity index (χ3n) is 6.54. The van der Waals surface area contributed by atoms with Gasteiger partial charge in [-0.1, -0.05) is 104 Å². The lowest BCUT2D eigenvalue weighted by Crippen LogP contribution is -2.58. The molecule has 0 bridgehead atoms. The van der Waals surface area contributed by atoms with E-state index in [2.05, 4.69) is 85.8 Å². The number of unbranched alkanes of at least 4 members (excludes halogenated alkanes) is 3. The Balaban J connectivity index is 1.68. The Hall–Kier alpha value is -2.45.